The maximum Gasteiger partial charge on any atom is 0.164 e. The maximum absolute atomic E-state index is 11.8. The van der Waals surface area contributed by atoms with Crippen LogP contribution in [-0.2, 0) is 11.2 Å². The lowest BCUT2D eigenvalue weighted by Gasteiger charge is -2.16. The van der Waals surface area contributed by atoms with Gasteiger partial charge in [0.1, 0.15) is 0 Å². The quantitative estimate of drug-likeness (QED) is 0.788. The zero-order valence-corrected chi connectivity index (χ0v) is 9.59. The summed E-state index contributed by atoms with van der Waals surface area (Å²) >= 11 is 1.30. The summed E-state index contributed by atoms with van der Waals surface area (Å²) < 4.78 is 3.75. The number of ketones is 1. The van der Waals surface area contributed by atoms with E-state index in [0.29, 0.717) is 6.42 Å². The van der Waals surface area contributed by atoms with Gasteiger partial charge in [0.25, 0.3) is 0 Å². The Bertz CT molecular complexity index is 370. The molecular formula is C11H14N2OS. The minimum Gasteiger partial charge on any atom is -0.294 e. The highest BCUT2D eigenvalue weighted by molar-refractivity contribution is 7.03. The van der Waals surface area contributed by atoms with Gasteiger partial charge in [-0.05, 0) is 42.3 Å². The van der Waals surface area contributed by atoms with Crippen LogP contribution in [0.1, 0.15) is 31.9 Å². The van der Waals surface area contributed by atoms with Crippen molar-refractivity contribution in [1.82, 2.24) is 9.59 Å². The molecule has 4 heteroatoms. The molecule has 0 fully saturated rings. The van der Waals surface area contributed by atoms with E-state index in [2.05, 4.69) is 22.6 Å². The summed E-state index contributed by atoms with van der Waals surface area (Å²) in [6.07, 6.45) is 5.61. The summed E-state index contributed by atoms with van der Waals surface area (Å²) in [5.41, 5.74) is 1.78. The molecular weight excluding hydrogens is 208 g/mol. The number of allylic oxidation sites excluding steroid dienone is 2. The Morgan fingerprint density at radius 1 is 1.67 bits per heavy atom. The number of rotatable bonds is 3. The van der Waals surface area contributed by atoms with Crippen molar-refractivity contribution in [3.63, 3.8) is 0 Å². The van der Waals surface area contributed by atoms with Crippen LogP contribution in [0.3, 0.4) is 0 Å². The zero-order chi connectivity index (χ0) is 10.7. The van der Waals surface area contributed by atoms with Gasteiger partial charge in [0, 0.05) is 5.38 Å². The Morgan fingerprint density at radius 2 is 2.53 bits per heavy atom. The maximum atomic E-state index is 11.8. The minimum absolute atomic E-state index is 0.217. The molecule has 3 nitrogen and oxygen atoms in total. The van der Waals surface area contributed by atoms with Gasteiger partial charge in [-0.15, -0.1) is 5.10 Å². The van der Waals surface area contributed by atoms with E-state index in [0.717, 1.165) is 36.4 Å². The molecule has 1 aromatic heterocycles. The molecule has 0 N–H and O–H groups in total. The van der Waals surface area contributed by atoms with E-state index in [4.69, 9.17) is 0 Å². The molecule has 2 rings (SSSR count). The van der Waals surface area contributed by atoms with Crippen LogP contribution in [0.4, 0.5) is 0 Å². The smallest absolute Gasteiger partial charge is 0.164 e. The zero-order valence-electron chi connectivity index (χ0n) is 8.77. The topological polar surface area (TPSA) is 42.9 Å². The fourth-order valence-corrected chi connectivity index (χ4v) is 2.21. The van der Waals surface area contributed by atoms with Gasteiger partial charge in [-0.3, -0.25) is 4.79 Å². The van der Waals surface area contributed by atoms with Gasteiger partial charge in [-0.1, -0.05) is 17.5 Å². The highest BCUT2D eigenvalue weighted by Crippen LogP contribution is 2.24. The number of Topliss-reactive ketones (excluding diaryl/α,β-unsaturated/α-hetero) is 1. The van der Waals surface area contributed by atoms with Crippen molar-refractivity contribution in [2.75, 3.05) is 0 Å². The summed E-state index contributed by atoms with van der Waals surface area (Å²) in [7, 11) is 0. The molecule has 0 spiro atoms. The second-order valence-electron chi connectivity index (χ2n) is 4.11. The van der Waals surface area contributed by atoms with Crippen LogP contribution >= 0.6 is 11.5 Å². The first kappa shape index (κ1) is 10.5. The lowest BCUT2D eigenvalue weighted by Crippen LogP contribution is -2.12. The Labute approximate surface area is 93.4 Å². The predicted octanol–water partition coefficient (Wildman–Crippen LogP) is 2.40. The molecule has 0 radical (unpaired) electrons. The largest absolute Gasteiger partial charge is 0.294 e. The van der Waals surface area contributed by atoms with Gasteiger partial charge in [0.05, 0.1) is 12.1 Å². The molecule has 15 heavy (non-hydrogen) atoms. The van der Waals surface area contributed by atoms with Gasteiger partial charge >= 0.3 is 0 Å². The van der Waals surface area contributed by atoms with Crippen LogP contribution in [0.25, 0.3) is 0 Å². The molecule has 0 saturated heterocycles. The SMILES string of the molecule is CC1CC=C(C(=O)Cc2csnn2)CC1. The Kier molecular flexibility index (Phi) is 3.26. The van der Waals surface area contributed by atoms with E-state index >= 15 is 0 Å². The molecule has 1 aliphatic carbocycles. The summed E-state index contributed by atoms with van der Waals surface area (Å²) in [6.45, 7) is 2.22. The van der Waals surface area contributed by atoms with Gasteiger partial charge in [0.2, 0.25) is 0 Å². The molecule has 0 amide bonds. The highest BCUT2D eigenvalue weighted by atomic mass is 32.1. The van der Waals surface area contributed by atoms with E-state index < -0.39 is 0 Å². The minimum atomic E-state index is 0.217. The van der Waals surface area contributed by atoms with Gasteiger partial charge in [0.15, 0.2) is 5.78 Å². The molecule has 0 saturated carbocycles. The standard InChI is InChI=1S/C11H14N2OS/c1-8-2-4-9(5-3-8)11(14)6-10-7-15-13-12-10/h4,7-8H,2-3,5-6H2,1H3. The van der Waals surface area contributed by atoms with Crippen molar-refractivity contribution >= 4 is 17.3 Å². The fraction of sp³-hybridized carbons (Fsp3) is 0.545. The molecule has 0 bridgehead atoms. The van der Waals surface area contributed by atoms with Crippen molar-refractivity contribution in [3.8, 4) is 0 Å². The molecule has 1 atom stereocenters. The van der Waals surface area contributed by atoms with E-state index in [1.807, 2.05) is 5.38 Å². The summed E-state index contributed by atoms with van der Waals surface area (Å²) in [4.78, 5) is 11.8. The average Bonchev–Trinajstić information content (AvgIpc) is 2.71. The number of hydrogen-bond donors (Lipinski definition) is 0. The van der Waals surface area contributed by atoms with Crippen LogP contribution in [0.5, 0.6) is 0 Å². The first-order valence-electron chi connectivity index (χ1n) is 5.24. The molecule has 0 aliphatic heterocycles. The lowest BCUT2D eigenvalue weighted by molar-refractivity contribution is -0.115. The summed E-state index contributed by atoms with van der Waals surface area (Å²) in [5.74, 6) is 0.942. The third kappa shape index (κ3) is 2.72. The van der Waals surface area contributed by atoms with Gasteiger partial charge in [-0.25, -0.2) is 0 Å². The van der Waals surface area contributed by atoms with E-state index in [-0.39, 0.29) is 5.78 Å². The second kappa shape index (κ2) is 4.66. The first-order valence-corrected chi connectivity index (χ1v) is 6.07. The van der Waals surface area contributed by atoms with Crippen molar-refractivity contribution in [3.05, 3.63) is 22.7 Å². The van der Waals surface area contributed by atoms with Crippen LogP contribution in [-0.4, -0.2) is 15.4 Å². The average molecular weight is 222 g/mol. The molecule has 1 unspecified atom stereocenters. The van der Waals surface area contributed by atoms with Crippen LogP contribution in [0.15, 0.2) is 17.0 Å². The first-order chi connectivity index (χ1) is 7.25. The predicted molar refractivity (Wildman–Crippen MR) is 59.7 cm³/mol. The number of carbonyl (C=O) groups excluding carboxylic acids is 1. The van der Waals surface area contributed by atoms with E-state index in [9.17, 15) is 4.79 Å². The fourth-order valence-electron chi connectivity index (χ4n) is 1.76. The molecule has 1 aliphatic rings. The van der Waals surface area contributed by atoms with Crippen molar-refractivity contribution in [1.29, 1.82) is 0 Å². The van der Waals surface area contributed by atoms with Gasteiger partial charge < -0.3 is 0 Å². The number of carbonyl (C=O) groups is 1. The van der Waals surface area contributed by atoms with E-state index in [1.165, 1.54) is 11.5 Å². The number of nitrogens with zero attached hydrogens (tertiary/aromatic N) is 2. The van der Waals surface area contributed by atoms with Crippen molar-refractivity contribution in [2.45, 2.75) is 32.6 Å². The van der Waals surface area contributed by atoms with Crippen molar-refractivity contribution in [2.24, 2.45) is 5.92 Å². The Morgan fingerprint density at radius 3 is 3.13 bits per heavy atom. The third-order valence-corrected chi connectivity index (χ3v) is 3.33. The Hall–Kier alpha value is -1.03. The van der Waals surface area contributed by atoms with Crippen LogP contribution in [0.2, 0.25) is 0 Å². The van der Waals surface area contributed by atoms with Crippen molar-refractivity contribution < 1.29 is 4.79 Å². The number of aromatic nitrogens is 2. The molecule has 0 aromatic carbocycles. The normalized spacial score (nSPS) is 21.1. The molecule has 1 aromatic rings. The lowest BCUT2D eigenvalue weighted by atomic mass is 9.88. The Balaban J connectivity index is 1.97. The van der Waals surface area contributed by atoms with Crippen LogP contribution in [0, 0.1) is 5.92 Å². The summed E-state index contributed by atoms with van der Waals surface area (Å²) in [5, 5.41) is 5.72. The number of hydrogen-bond acceptors (Lipinski definition) is 4. The molecule has 80 valence electrons. The van der Waals surface area contributed by atoms with Gasteiger partial charge in [-0.2, -0.15) is 0 Å². The molecule has 1 heterocycles. The summed E-state index contributed by atoms with van der Waals surface area (Å²) in [6, 6.07) is 0. The monoisotopic (exact) mass is 222 g/mol. The van der Waals surface area contributed by atoms with E-state index in [1.54, 1.807) is 0 Å². The second-order valence-corrected chi connectivity index (χ2v) is 4.71. The third-order valence-electron chi connectivity index (χ3n) is 2.78. The highest BCUT2D eigenvalue weighted by Gasteiger charge is 2.16. The van der Waals surface area contributed by atoms with Crippen LogP contribution < -0.4 is 0 Å².